The number of benzene rings is 1. The molecular weight excluding hydrogens is 423 g/mol. The smallest absolute Gasteiger partial charge is 0.248 e. The molecular formula is C16H21IN4OS. The van der Waals surface area contributed by atoms with E-state index in [0.717, 1.165) is 18.1 Å². The lowest BCUT2D eigenvalue weighted by Gasteiger charge is -2.11. The molecule has 0 saturated carbocycles. The van der Waals surface area contributed by atoms with E-state index in [1.165, 1.54) is 9.75 Å². The van der Waals surface area contributed by atoms with Crippen molar-refractivity contribution in [1.82, 2.24) is 10.6 Å². The fourth-order valence-electron chi connectivity index (χ4n) is 1.94. The van der Waals surface area contributed by atoms with Gasteiger partial charge in [0.2, 0.25) is 5.91 Å². The zero-order valence-corrected chi connectivity index (χ0v) is 16.3. The number of carbonyl (C=O) groups is 1. The molecule has 1 aromatic carbocycles. The number of primary amides is 1. The third-order valence-electron chi connectivity index (χ3n) is 3.15. The number of aryl methyl sites for hydroxylation is 1. The highest BCUT2D eigenvalue weighted by atomic mass is 127. The Hall–Kier alpha value is -1.61. The molecule has 1 amide bonds. The lowest BCUT2D eigenvalue weighted by atomic mass is 10.1. The number of carbonyl (C=O) groups excluding carboxylic acids is 1. The van der Waals surface area contributed by atoms with Crippen molar-refractivity contribution in [3.63, 3.8) is 0 Å². The van der Waals surface area contributed by atoms with Gasteiger partial charge in [0.05, 0.1) is 6.54 Å². The number of amides is 1. The van der Waals surface area contributed by atoms with Crippen LogP contribution in [0, 0.1) is 6.92 Å². The Morgan fingerprint density at radius 3 is 2.30 bits per heavy atom. The van der Waals surface area contributed by atoms with Crippen molar-refractivity contribution in [2.24, 2.45) is 10.7 Å². The summed E-state index contributed by atoms with van der Waals surface area (Å²) in [5, 5.41) is 6.51. The zero-order chi connectivity index (χ0) is 15.9. The predicted molar refractivity (Wildman–Crippen MR) is 106 cm³/mol. The minimum atomic E-state index is -0.414. The van der Waals surface area contributed by atoms with E-state index >= 15 is 0 Å². The molecule has 1 aromatic heterocycles. The van der Waals surface area contributed by atoms with Crippen LogP contribution in [0.3, 0.4) is 0 Å². The minimum Gasteiger partial charge on any atom is -0.366 e. The Morgan fingerprint density at radius 2 is 1.78 bits per heavy atom. The third kappa shape index (κ3) is 6.19. The van der Waals surface area contributed by atoms with Crippen LogP contribution in [-0.4, -0.2) is 18.9 Å². The summed E-state index contributed by atoms with van der Waals surface area (Å²) in [5.74, 6) is 0.327. The second kappa shape index (κ2) is 9.51. The summed E-state index contributed by atoms with van der Waals surface area (Å²) >= 11 is 1.77. The van der Waals surface area contributed by atoms with Crippen molar-refractivity contribution in [3.8, 4) is 0 Å². The lowest BCUT2D eigenvalue weighted by Crippen LogP contribution is -2.36. The number of hydrogen-bond donors (Lipinski definition) is 3. The molecule has 0 fully saturated rings. The van der Waals surface area contributed by atoms with Crippen LogP contribution in [0.15, 0.2) is 41.4 Å². The highest BCUT2D eigenvalue weighted by molar-refractivity contribution is 14.0. The topological polar surface area (TPSA) is 79.5 Å². The van der Waals surface area contributed by atoms with E-state index in [9.17, 15) is 4.79 Å². The SMILES string of the molecule is CN=C(NCc1ccc(C(N)=O)cc1)NCc1ccc(C)s1.I. The number of rotatable bonds is 5. The van der Waals surface area contributed by atoms with Gasteiger partial charge in [-0.2, -0.15) is 0 Å². The fourth-order valence-corrected chi connectivity index (χ4v) is 2.77. The van der Waals surface area contributed by atoms with Gasteiger partial charge in [-0.25, -0.2) is 0 Å². The molecule has 124 valence electrons. The highest BCUT2D eigenvalue weighted by Gasteiger charge is 2.02. The van der Waals surface area contributed by atoms with E-state index in [2.05, 4.69) is 34.7 Å². The van der Waals surface area contributed by atoms with E-state index in [4.69, 9.17) is 5.73 Å². The van der Waals surface area contributed by atoms with Crippen LogP contribution in [0.1, 0.15) is 25.7 Å². The van der Waals surface area contributed by atoms with Crippen molar-refractivity contribution in [3.05, 3.63) is 57.3 Å². The highest BCUT2D eigenvalue weighted by Crippen LogP contribution is 2.14. The molecule has 2 rings (SSSR count). The number of guanidine groups is 1. The number of nitrogens with two attached hydrogens (primary N) is 1. The molecule has 1 heterocycles. The van der Waals surface area contributed by atoms with Crippen molar-refractivity contribution < 1.29 is 4.79 Å². The minimum absolute atomic E-state index is 0. The van der Waals surface area contributed by atoms with Gasteiger partial charge in [0.1, 0.15) is 0 Å². The monoisotopic (exact) mass is 444 g/mol. The van der Waals surface area contributed by atoms with Crippen LogP contribution >= 0.6 is 35.3 Å². The predicted octanol–water partition coefficient (Wildman–Crippen LogP) is 2.64. The first kappa shape index (κ1) is 19.4. The van der Waals surface area contributed by atoms with Crippen molar-refractivity contribution in [2.45, 2.75) is 20.0 Å². The second-order valence-corrected chi connectivity index (χ2v) is 6.23. The van der Waals surface area contributed by atoms with Gasteiger partial charge >= 0.3 is 0 Å². The molecule has 0 bridgehead atoms. The number of hydrogen-bond acceptors (Lipinski definition) is 3. The molecule has 7 heteroatoms. The van der Waals surface area contributed by atoms with E-state index in [1.807, 2.05) is 12.1 Å². The Labute approximate surface area is 157 Å². The van der Waals surface area contributed by atoms with Gasteiger partial charge in [-0.05, 0) is 36.8 Å². The standard InChI is InChI=1S/C16H20N4OS.HI/c1-11-3-8-14(22-11)10-20-16(18-2)19-9-12-4-6-13(7-5-12)15(17)21;/h3-8H,9-10H2,1-2H3,(H2,17,21)(H2,18,19,20);1H. The normalized spacial score (nSPS) is 10.8. The maximum Gasteiger partial charge on any atom is 0.248 e. The fraction of sp³-hybridized carbons (Fsp3) is 0.250. The first-order valence-corrected chi connectivity index (χ1v) is 7.78. The summed E-state index contributed by atoms with van der Waals surface area (Å²) in [4.78, 5) is 17.8. The Morgan fingerprint density at radius 1 is 1.13 bits per heavy atom. The maximum absolute atomic E-state index is 11.0. The summed E-state index contributed by atoms with van der Waals surface area (Å²) in [7, 11) is 1.74. The summed E-state index contributed by atoms with van der Waals surface area (Å²) in [6, 6.07) is 11.4. The molecule has 4 N–H and O–H groups in total. The lowest BCUT2D eigenvalue weighted by molar-refractivity contribution is 0.100. The average Bonchev–Trinajstić information content (AvgIpc) is 2.93. The summed E-state index contributed by atoms with van der Waals surface area (Å²) in [6.45, 7) is 3.47. The van der Waals surface area contributed by atoms with Crippen LogP contribution < -0.4 is 16.4 Å². The Balaban J connectivity index is 0.00000264. The number of nitrogens with one attached hydrogen (secondary N) is 2. The molecule has 0 radical (unpaired) electrons. The molecule has 2 aromatic rings. The number of aliphatic imine (C=N–C) groups is 1. The van der Waals surface area contributed by atoms with Gasteiger partial charge in [-0.1, -0.05) is 12.1 Å². The number of halogens is 1. The van der Waals surface area contributed by atoms with Crippen molar-refractivity contribution in [2.75, 3.05) is 7.05 Å². The van der Waals surface area contributed by atoms with Crippen LogP contribution in [0.2, 0.25) is 0 Å². The van der Waals surface area contributed by atoms with E-state index in [-0.39, 0.29) is 24.0 Å². The average molecular weight is 444 g/mol. The molecule has 0 aliphatic carbocycles. The van der Waals surface area contributed by atoms with Gasteiger partial charge in [0.15, 0.2) is 5.96 Å². The first-order chi connectivity index (χ1) is 10.6. The van der Waals surface area contributed by atoms with Crippen LogP contribution in [0.5, 0.6) is 0 Å². The van der Waals surface area contributed by atoms with Gasteiger partial charge in [-0.3, -0.25) is 9.79 Å². The number of nitrogens with zero attached hydrogens (tertiary/aromatic N) is 1. The molecule has 5 nitrogen and oxygen atoms in total. The van der Waals surface area contributed by atoms with Gasteiger partial charge < -0.3 is 16.4 Å². The van der Waals surface area contributed by atoms with Crippen LogP contribution in [0.4, 0.5) is 0 Å². The summed E-state index contributed by atoms with van der Waals surface area (Å²) in [5.41, 5.74) is 6.79. The second-order valence-electron chi connectivity index (χ2n) is 4.85. The Bertz CT molecular complexity index is 667. The number of thiophene rings is 1. The Kier molecular flexibility index (Phi) is 8.04. The summed E-state index contributed by atoms with van der Waals surface area (Å²) in [6.07, 6.45) is 0. The molecule has 0 aliphatic heterocycles. The largest absolute Gasteiger partial charge is 0.366 e. The van der Waals surface area contributed by atoms with E-state index in [1.54, 1.807) is 30.5 Å². The molecule has 0 aliphatic rings. The zero-order valence-electron chi connectivity index (χ0n) is 13.1. The van der Waals surface area contributed by atoms with Crippen molar-refractivity contribution in [1.29, 1.82) is 0 Å². The molecule has 0 spiro atoms. The maximum atomic E-state index is 11.0. The molecule has 0 saturated heterocycles. The third-order valence-corrected chi connectivity index (χ3v) is 4.15. The van der Waals surface area contributed by atoms with Gasteiger partial charge in [0.25, 0.3) is 0 Å². The van der Waals surface area contributed by atoms with Crippen molar-refractivity contribution >= 4 is 47.2 Å². The van der Waals surface area contributed by atoms with Crippen LogP contribution in [0.25, 0.3) is 0 Å². The van der Waals surface area contributed by atoms with E-state index in [0.29, 0.717) is 12.1 Å². The quantitative estimate of drug-likeness (QED) is 0.377. The first-order valence-electron chi connectivity index (χ1n) is 6.97. The molecule has 23 heavy (non-hydrogen) atoms. The van der Waals surface area contributed by atoms with Gasteiger partial charge in [0, 0.05) is 28.9 Å². The van der Waals surface area contributed by atoms with E-state index < -0.39 is 5.91 Å². The summed E-state index contributed by atoms with van der Waals surface area (Å²) < 4.78 is 0. The van der Waals surface area contributed by atoms with Crippen LogP contribution in [-0.2, 0) is 13.1 Å². The molecule has 0 atom stereocenters. The molecule has 0 unspecified atom stereocenters. The van der Waals surface area contributed by atoms with Gasteiger partial charge in [-0.15, -0.1) is 35.3 Å².